The summed E-state index contributed by atoms with van der Waals surface area (Å²) >= 11 is 0. The fourth-order valence-corrected chi connectivity index (χ4v) is 1.97. The quantitative estimate of drug-likeness (QED) is 0.669. The smallest absolute Gasteiger partial charge is 0.328 e. The Hall–Kier alpha value is -2.94. The number of hydrogen-bond donors (Lipinski definition) is 1. The number of Topliss-reactive ketones (excluding diaryl/α,β-unsaturated/α-hetero) is 1. The maximum absolute atomic E-state index is 12.4. The van der Waals surface area contributed by atoms with Crippen LogP contribution in [-0.4, -0.2) is 16.9 Å². The van der Waals surface area contributed by atoms with Gasteiger partial charge in [-0.2, -0.15) is 0 Å². The average Bonchev–Trinajstić information content (AvgIpc) is 2.53. The molecule has 3 nitrogen and oxygen atoms in total. The van der Waals surface area contributed by atoms with Gasteiger partial charge in [0.2, 0.25) is 0 Å². The lowest BCUT2D eigenvalue weighted by Crippen LogP contribution is -2.01. The summed E-state index contributed by atoms with van der Waals surface area (Å²) in [5.74, 6) is -1.15. The van der Waals surface area contributed by atoms with Crippen molar-refractivity contribution in [2.45, 2.75) is 6.92 Å². The molecule has 2 aromatic carbocycles. The SMILES string of the molecule is C=C(C(=O)c1ccc(/C=C/C(=O)O)cc1)c1ccc(C)cc1. The van der Waals surface area contributed by atoms with Crippen molar-refractivity contribution < 1.29 is 14.7 Å². The first-order valence-corrected chi connectivity index (χ1v) is 6.79. The zero-order valence-electron chi connectivity index (χ0n) is 12.2. The lowest BCUT2D eigenvalue weighted by Gasteiger charge is -2.06. The fourth-order valence-electron chi connectivity index (χ4n) is 1.97. The second kappa shape index (κ2) is 6.68. The Morgan fingerprint density at radius 3 is 2.05 bits per heavy atom. The number of aryl methyl sites for hydroxylation is 1. The molecule has 3 heteroatoms. The molecule has 0 atom stereocenters. The number of rotatable bonds is 5. The van der Waals surface area contributed by atoms with Crippen LogP contribution in [0.25, 0.3) is 11.6 Å². The first-order chi connectivity index (χ1) is 10.5. The van der Waals surface area contributed by atoms with E-state index >= 15 is 0 Å². The zero-order chi connectivity index (χ0) is 16.1. The third-order valence-electron chi connectivity index (χ3n) is 3.27. The summed E-state index contributed by atoms with van der Waals surface area (Å²) in [6.07, 6.45) is 2.54. The summed E-state index contributed by atoms with van der Waals surface area (Å²) < 4.78 is 0. The monoisotopic (exact) mass is 292 g/mol. The van der Waals surface area contributed by atoms with Crippen molar-refractivity contribution in [3.63, 3.8) is 0 Å². The van der Waals surface area contributed by atoms with E-state index in [9.17, 15) is 9.59 Å². The highest BCUT2D eigenvalue weighted by atomic mass is 16.4. The van der Waals surface area contributed by atoms with Crippen molar-refractivity contribution in [1.29, 1.82) is 0 Å². The van der Waals surface area contributed by atoms with Gasteiger partial charge in [-0.05, 0) is 24.1 Å². The third kappa shape index (κ3) is 3.79. The standard InChI is InChI=1S/C19H16O3/c1-13-3-8-16(9-4-13)14(2)19(22)17-10-5-15(6-11-17)7-12-18(20)21/h3-12H,2H2,1H3,(H,20,21)/b12-7+. The number of carboxylic acid groups (broad SMARTS) is 1. The van der Waals surface area contributed by atoms with E-state index in [0.717, 1.165) is 22.8 Å². The van der Waals surface area contributed by atoms with Crippen molar-refractivity contribution in [2.24, 2.45) is 0 Å². The van der Waals surface area contributed by atoms with Gasteiger partial charge in [0.1, 0.15) is 0 Å². The van der Waals surface area contributed by atoms with Crippen LogP contribution in [0.5, 0.6) is 0 Å². The minimum absolute atomic E-state index is 0.141. The topological polar surface area (TPSA) is 54.4 Å². The van der Waals surface area contributed by atoms with Crippen LogP contribution >= 0.6 is 0 Å². The van der Waals surface area contributed by atoms with E-state index in [1.165, 1.54) is 6.08 Å². The summed E-state index contributed by atoms with van der Waals surface area (Å²) in [5.41, 5.74) is 3.61. The number of benzene rings is 2. The second-order valence-corrected chi connectivity index (χ2v) is 4.97. The highest BCUT2D eigenvalue weighted by Gasteiger charge is 2.11. The summed E-state index contributed by atoms with van der Waals surface area (Å²) in [5, 5.41) is 8.58. The van der Waals surface area contributed by atoms with Gasteiger partial charge >= 0.3 is 5.97 Å². The number of carboxylic acids is 1. The summed E-state index contributed by atoms with van der Waals surface area (Å²) in [6.45, 7) is 5.86. The molecule has 0 heterocycles. The van der Waals surface area contributed by atoms with E-state index in [4.69, 9.17) is 5.11 Å². The van der Waals surface area contributed by atoms with Crippen LogP contribution in [0.4, 0.5) is 0 Å². The van der Waals surface area contributed by atoms with Crippen molar-refractivity contribution in [2.75, 3.05) is 0 Å². The van der Waals surface area contributed by atoms with E-state index in [1.807, 2.05) is 31.2 Å². The van der Waals surface area contributed by atoms with Gasteiger partial charge in [0.15, 0.2) is 5.78 Å². The van der Waals surface area contributed by atoms with Crippen molar-refractivity contribution >= 4 is 23.4 Å². The second-order valence-electron chi connectivity index (χ2n) is 4.97. The highest BCUT2D eigenvalue weighted by molar-refractivity contribution is 6.28. The third-order valence-corrected chi connectivity index (χ3v) is 3.27. The molecule has 0 aliphatic heterocycles. The molecule has 0 aromatic heterocycles. The predicted molar refractivity (Wildman–Crippen MR) is 87.7 cm³/mol. The predicted octanol–water partition coefficient (Wildman–Crippen LogP) is 3.99. The minimum atomic E-state index is -1.01. The van der Waals surface area contributed by atoms with Gasteiger partial charge < -0.3 is 5.11 Å². The van der Waals surface area contributed by atoms with Gasteiger partial charge in [0.25, 0.3) is 0 Å². The maximum atomic E-state index is 12.4. The summed E-state index contributed by atoms with van der Waals surface area (Å²) in [6, 6.07) is 14.4. The summed E-state index contributed by atoms with van der Waals surface area (Å²) in [7, 11) is 0. The molecule has 22 heavy (non-hydrogen) atoms. The average molecular weight is 292 g/mol. The summed E-state index contributed by atoms with van der Waals surface area (Å²) in [4.78, 5) is 22.9. The molecule has 0 radical (unpaired) electrons. The van der Waals surface area contributed by atoms with Gasteiger partial charge in [-0.1, -0.05) is 60.7 Å². The van der Waals surface area contributed by atoms with Crippen LogP contribution in [0.3, 0.4) is 0 Å². The van der Waals surface area contributed by atoms with Crippen molar-refractivity contribution in [1.82, 2.24) is 0 Å². The van der Waals surface area contributed by atoms with Crippen LogP contribution < -0.4 is 0 Å². The van der Waals surface area contributed by atoms with Crippen LogP contribution in [0.2, 0.25) is 0 Å². The molecule has 2 aromatic rings. The van der Waals surface area contributed by atoms with E-state index < -0.39 is 5.97 Å². The Kier molecular flexibility index (Phi) is 4.69. The number of carbonyl (C=O) groups is 2. The largest absolute Gasteiger partial charge is 0.478 e. The highest BCUT2D eigenvalue weighted by Crippen LogP contribution is 2.19. The number of aliphatic carboxylic acids is 1. The Labute approximate surface area is 129 Å². The molecular weight excluding hydrogens is 276 g/mol. The number of ketones is 1. The first kappa shape index (κ1) is 15.4. The molecule has 110 valence electrons. The van der Waals surface area contributed by atoms with E-state index in [-0.39, 0.29) is 5.78 Å². The number of carbonyl (C=O) groups excluding carboxylic acids is 1. The molecule has 0 fully saturated rings. The van der Waals surface area contributed by atoms with Crippen molar-refractivity contribution in [3.05, 3.63) is 83.4 Å². The van der Waals surface area contributed by atoms with Crippen LogP contribution in [0.15, 0.2) is 61.2 Å². The normalized spacial score (nSPS) is 10.6. The molecule has 1 N–H and O–H groups in total. The lowest BCUT2D eigenvalue weighted by atomic mass is 9.97. The fraction of sp³-hybridized carbons (Fsp3) is 0.0526. The molecule has 0 spiro atoms. The molecule has 0 amide bonds. The van der Waals surface area contributed by atoms with Crippen LogP contribution in [0.1, 0.15) is 27.0 Å². The lowest BCUT2D eigenvalue weighted by molar-refractivity contribution is -0.131. The van der Waals surface area contributed by atoms with Crippen molar-refractivity contribution in [3.8, 4) is 0 Å². The van der Waals surface area contributed by atoms with Gasteiger partial charge in [0.05, 0.1) is 0 Å². The van der Waals surface area contributed by atoms with Gasteiger partial charge in [-0.3, -0.25) is 4.79 Å². The Morgan fingerprint density at radius 2 is 1.50 bits per heavy atom. The molecular formula is C19H16O3. The van der Waals surface area contributed by atoms with E-state index in [1.54, 1.807) is 24.3 Å². The number of hydrogen-bond acceptors (Lipinski definition) is 2. The molecule has 0 bridgehead atoms. The molecule has 0 aliphatic rings. The van der Waals surface area contributed by atoms with Gasteiger partial charge in [-0.15, -0.1) is 0 Å². The van der Waals surface area contributed by atoms with E-state index in [0.29, 0.717) is 11.1 Å². The molecule has 0 aliphatic carbocycles. The Morgan fingerprint density at radius 1 is 0.955 bits per heavy atom. The minimum Gasteiger partial charge on any atom is -0.478 e. The first-order valence-electron chi connectivity index (χ1n) is 6.79. The zero-order valence-corrected chi connectivity index (χ0v) is 12.2. The maximum Gasteiger partial charge on any atom is 0.328 e. The Bertz CT molecular complexity index is 735. The van der Waals surface area contributed by atoms with Crippen LogP contribution in [0, 0.1) is 6.92 Å². The molecule has 0 saturated heterocycles. The molecule has 0 unspecified atom stereocenters. The van der Waals surface area contributed by atoms with Gasteiger partial charge in [-0.25, -0.2) is 4.79 Å². The van der Waals surface area contributed by atoms with Crippen LogP contribution in [-0.2, 0) is 4.79 Å². The number of allylic oxidation sites excluding steroid dienone is 1. The molecule has 0 saturated carbocycles. The van der Waals surface area contributed by atoms with Gasteiger partial charge in [0, 0.05) is 17.2 Å². The Balaban J connectivity index is 2.17. The van der Waals surface area contributed by atoms with E-state index in [2.05, 4.69) is 6.58 Å². The molecule has 2 rings (SSSR count).